The third kappa shape index (κ3) is 5.17. The molecule has 0 radical (unpaired) electrons. The molecule has 0 saturated heterocycles. The average Bonchev–Trinajstić information content (AvgIpc) is 2.49. The Morgan fingerprint density at radius 2 is 1.76 bits per heavy atom. The van der Waals surface area contributed by atoms with Crippen LogP contribution in [0.3, 0.4) is 0 Å². The lowest BCUT2D eigenvalue weighted by molar-refractivity contribution is 0.233. The number of ether oxygens (including phenoxy) is 1. The predicted molar refractivity (Wildman–Crippen MR) is 90.6 cm³/mol. The molecule has 0 saturated carbocycles. The van der Waals surface area contributed by atoms with E-state index < -0.39 is 0 Å². The summed E-state index contributed by atoms with van der Waals surface area (Å²) in [7, 11) is 2.09. The van der Waals surface area contributed by atoms with Crippen LogP contribution >= 0.6 is 12.2 Å². The molecule has 0 unspecified atom stereocenters. The van der Waals surface area contributed by atoms with Gasteiger partial charge in [0, 0.05) is 18.7 Å². The lowest BCUT2D eigenvalue weighted by Crippen LogP contribution is -2.23. The Kier molecular flexibility index (Phi) is 5.72. The molecule has 0 aromatic heterocycles. The summed E-state index contributed by atoms with van der Waals surface area (Å²) in [4.78, 5) is 2.64. The van der Waals surface area contributed by atoms with E-state index in [1.54, 1.807) is 0 Å². The quantitative estimate of drug-likeness (QED) is 0.798. The van der Waals surface area contributed by atoms with Crippen LogP contribution in [0.5, 0.6) is 5.75 Å². The maximum atomic E-state index is 5.72. The molecule has 4 heteroatoms. The predicted octanol–water partition coefficient (Wildman–Crippen LogP) is 2.83. The Balaban J connectivity index is 1.74. The molecule has 2 N–H and O–H groups in total. The van der Waals surface area contributed by atoms with Crippen molar-refractivity contribution < 1.29 is 4.74 Å². The SMILES string of the molecule is CN(CCOc1ccc(C(N)=S)cc1)Cc1ccccc1. The lowest BCUT2D eigenvalue weighted by atomic mass is 10.2. The summed E-state index contributed by atoms with van der Waals surface area (Å²) < 4.78 is 5.72. The van der Waals surface area contributed by atoms with Crippen LogP contribution in [0.25, 0.3) is 0 Å². The van der Waals surface area contributed by atoms with Crippen molar-refractivity contribution in [3.05, 3.63) is 65.7 Å². The first-order chi connectivity index (χ1) is 10.1. The molecule has 2 aromatic carbocycles. The highest BCUT2D eigenvalue weighted by Gasteiger charge is 2.01. The molecule has 110 valence electrons. The van der Waals surface area contributed by atoms with Gasteiger partial charge in [0.2, 0.25) is 0 Å². The van der Waals surface area contributed by atoms with Crippen LogP contribution in [0.2, 0.25) is 0 Å². The number of nitrogens with zero attached hydrogens (tertiary/aromatic N) is 1. The van der Waals surface area contributed by atoms with Crippen LogP contribution in [0.1, 0.15) is 11.1 Å². The first-order valence-electron chi connectivity index (χ1n) is 6.90. The molecule has 21 heavy (non-hydrogen) atoms. The molecular formula is C17H20N2OS. The fraction of sp³-hybridized carbons (Fsp3) is 0.235. The van der Waals surface area contributed by atoms with Crippen molar-refractivity contribution in [2.24, 2.45) is 5.73 Å². The van der Waals surface area contributed by atoms with Crippen LogP contribution < -0.4 is 10.5 Å². The van der Waals surface area contributed by atoms with Gasteiger partial charge < -0.3 is 10.5 Å². The van der Waals surface area contributed by atoms with Gasteiger partial charge in [-0.15, -0.1) is 0 Å². The molecule has 0 fully saturated rings. The van der Waals surface area contributed by atoms with Gasteiger partial charge in [-0.3, -0.25) is 4.90 Å². The van der Waals surface area contributed by atoms with Crippen molar-refractivity contribution in [2.75, 3.05) is 20.2 Å². The summed E-state index contributed by atoms with van der Waals surface area (Å²) in [5.41, 5.74) is 7.73. The van der Waals surface area contributed by atoms with E-state index >= 15 is 0 Å². The standard InChI is InChI=1S/C17H20N2OS/c1-19(13-14-5-3-2-4-6-14)11-12-20-16-9-7-15(8-10-16)17(18)21/h2-10H,11-13H2,1H3,(H2,18,21). The smallest absolute Gasteiger partial charge is 0.119 e. The van der Waals surface area contributed by atoms with E-state index in [4.69, 9.17) is 22.7 Å². The number of thiocarbonyl (C=S) groups is 1. The fourth-order valence-electron chi connectivity index (χ4n) is 2.01. The van der Waals surface area contributed by atoms with Crippen molar-refractivity contribution >= 4 is 17.2 Å². The topological polar surface area (TPSA) is 38.5 Å². The average molecular weight is 300 g/mol. The van der Waals surface area contributed by atoms with E-state index in [1.165, 1.54) is 5.56 Å². The number of rotatable bonds is 7. The van der Waals surface area contributed by atoms with Gasteiger partial charge in [0.1, 0.15) is 17.3 Å². The molecule has 3 nitrogen and oxygen atoms in total. The summed E-state index contributed by atoms with van der Waals surface area (Å²) in [5, 5.41) is 0. The second-order valence-corrected chi connectivity index (χ2v) is 5.40. The van der Waals surface area contributed by atoms with E-state index in [9.17, 15) is 0 Å². The second kappa shape index (κ2) is 7.76. The molecule has 0 aliphatic heterocycles. The first-order valence-corrected chi connectivity index (χ1v) is 7.31. The molecule has 0 bridgehead atoms. The second-order valence-electron chi connectivity index (χ2n) is 4.96. The fourth-order valence-corrected chi connectivity index (χ4v) is 2.14. The van der Waals surface area contributed by atoms with Crippen molar-refractivity contribution in [1.29, 1.82) is 0 Å². The van der Waals surface area contributed by atoms with E-state index in [1.807, 2.05) is 30.3 Å². The van der Waals surface area contributed by atoms with E-state index in [0.29, 0.717) is 11.6 Å². The number of benzene rings is 2. The Morgan fingerprint density at radius 3 is 2.38 bits per heavy atom. The lowest BCUT2D eigenvalue weighted by Gasteiger charge is -2.17. The van der Waals surface area contributed by atoms with Gasteiger partial charge >= 0.3 is 0 Å². The van der Waals surface area contributed by atoms with Gasteiger partial charge in [-0.25, -0.2) is 0 Å². The van der Waals surface area contributed by atoms with Crippen LogP contribution in [0.15, 0.2) is 54.6 Å². The summed E-state index contributed by atoms with van der Waals surface area (Å²) in [6, 6.07) is 18.0. The normalized spacial score (nSPS) is 10.6. The van der Waals surface area contributed by atoms with E-state index in [2.05, 4.69) is 36.2 Å². The van der Waals surface area contributed by atoms with Gasteiger partial charge in [0.15, 0.2) is 0 Å². The minimum Gasteiger partial charge on any atom is -0.492 e. The van der Waals surface area contributed by atoms with Gasteiger partial charge in [-0.2, -0.15) is 0 Å². The highest BCUT2D eigenvalue weighted by molar-refractivity contribution is 7.80. The van der Waals surface area contributed by atoms with Crippen molar-refractivity contribution in [3.8, 4) is 5.75 Å². The first kappa shape index (κ1) is 15.5. The minimum atomic E-state index is 0.407. The van der Waals surface area contributed by atoms with Crippen molar-refractivity contribution in [2.45, 2.75) is 6.54 Å². The molecule has 0 aliphatic rings. The van der Waals surface area contributed by atoms with E-state index in [0.717, 1.165) is 24.4 Å². The number of nitrogens with two attached hydrogens (primary N) is 1. The third-order valence-electron chi connectivity index (χ3n) is 3.18. The summed E-state index contributed by atoms with van der Waals surface area (Å²) in [5.74, 6) is 0.836. The van der Waals surface area contributed by atoms with Crippen molar-refractivity contribution in [3.63, 3.8) is 0 Å². The molecular weight excluding hydrogens is 280 g/mol. The molecule has 2 aromatic rings. The zero-order valence-electron chi connectivity index (χ0n) is 12.2. The molecule has 2 rings (SSSR count). The zero-order chi connectivity index (χ0) is 15.1. The highest BCUT2D eigenvalue weighted by atomic mass is 32.1. The zero-order valence-corrected chi connectivity index (χ0v) is 13.0. The monoisotopic (exact) mass is 300 g/mol. The number of likely N-dealkylation sites (N-methyl/N-ethyl adjacent to an activating group) is 1. The summed E-state index contributed by atoms with van der Waals surface area (Å²) >= 11 is 4.92. The highest BCUT2D eigenvalue weighted by Crippen LogP contribution is 2.12. The van der Waals surface area contributed by atoms with Crippen LogP contribution in [0, 0.1) is 0 Å². The van der Waals surface area contributed by atoms with Crippen LogP contribution in [-0.4, -0.2) is 30.1 Å². The molecule has 0 heterocycles. The Morgan fingerprint density at radius 1 is 1.10 bits per heavy atom. The number of hydrogen-bond acceptors (Lipinski definition) is 3. The maximum absolute atomic E-state index is 5.72. The third-order valence-corrected chi connectivity index (χ3v) is 3.41. The Hall–Kier alpha value is -1.91. The van der Waals surface area contributed by atoms with Crippen LogP contribution in [-0.2, 0) is 6.54 Å². The van der Waals surface area contributed by atoms with Gasteiger partial charge in [-0.05, 0) is 36.9 Å². The summed E-state index contributed by atoms with van der Waals surface area (Å²) in [6.45, 7) is 2.44. The summed E-state index contributed by atoms with van der Waals surface area (Å²) in [6.07, 6.45) is 0. The van der Waals surface area contributed by atoms with E-state index in [-0.39, 0.29) is 0 Å². The van der Waals surface area contributed by atoms with Gasteiger partial charge in [0.05, 0.1) is 0 Å². The van der Waals surface area contributed by atoms with Crippen LogP contribution in [0.4, 0.5) is 0 Å². The largest absolute Gasteiger partial charge is 0.492 e. The van der Waals surface area contributed by atoms with Gasteiger partial charge in [0.25, 0.3) is 0 Å². The Labute approximate surface area is 131 Å². The molecule has 0 amide bonds. The van der Waals surface area contributed by atoms with Crippen molar-refractivity contribution in [1.82, 2.24) is 4.90 Å². The molecule has 0 atom stereocenters. The number of hydrogen-bond donors (Lipinski definition) is 1. The minimum absolute atomic E-state index is 0.407. The maximum Gasteiger partial charge on any atom is 0.119 e. The molecule has 0 spiro atoms. The molecule has 0 aliphatic carbocycles. The van der Waals surface area contributed by atoms with Gasteiger partial charge in [-0.1, -0.05) is 42.5 Å². The Bertz CT molecular complexity index is 569.